The van der Waals surface area contributed by atoms with Crippen molar-refractivity contribution in [3.05, 3.63) is 36.9 Å². The van der Waals surface area contributed by atoms with E-state index in [1.54, 1.807) is 6.08 Å². The number of benzene rings is 1. The van der Waals surface area contributed by atoms with Gasteiger partial charge < -0.3 is 15.4 Å². The molecule has 1 amide bonds. The molecule has 1 rings (SSSR count). The van der Waals surface area contributed by atoms with Gasteiger partial charge in [-0.25, -0.2) is 0 Å². The molecule has 0 aliphatic heterocycles. The highest BCUT2D eigenvalue weighted by molar-refractivity contribution is 5.80. The number of nitrogens with one attached hydrogen (secondary N) is 2. The Kier molecular flexibility index (Phi) is 9.59. The van der Waals surface area contributed by atoms with Crippen molar-refractivity contribution in [2.75, 3.05) is 25.0 Å². The van der Waals surface area contributed by atoms with Crippen LogP contribution in [0, 0.1) is 0 Å². The van der Waals surface area contributed by atoms with Crippen molar-refractivity contribution in [2.24, 2.45) is 0 Å². The number of amides is 1. The number of carbonyl (C=O) groups is 1. The summed E-state index contributed by atoms with van der Waals surface area (Å²) in [5.41, 5.74) is 0.875. The number of unbranched alkanes of at least 4 members (excludes halogenated alkanes) is 4. The zero-order chi connectivity index (χ0) is 16.0. The highest BCUT2D eigenvalue weighted by Gasteiger charge is 2.01. The van der Waals surface area contributed by atoms with Gasteiger partial charge in [-0.05, 0) is 18.6 Å². The smallest absolute Gasteiger partial charge is 0.239 e. The summed E-state index contributed by atoms with van der Waals surface area (Å²) in [7, 11) is 0. The van der Waals surface area contributed by atoms with Gasteiger partial charge in [-0.15, -0.1) is 0 Å². The Hall–Kier alpha value is -1.97. The Labute approximate surface area is 133 Å². The predicted octanol–water partition coefficient (Wildman–Crippen LogP) is 3.75. The molecule has 4 nitrogen and oxygen atoms in total. The minimum atomic E-state index is 0.0212. The highest BCUT2D eigenvalue weighted by atomic mass is 16.5. The molecule has 0 unspecified atom stereocenters. The lowest BCUT2D eigenvalue weighted by Gasteiger charge is -2.09. The topological polar surface area (TPSA) is 50.4 Å². The van der Waals surface area contributed by atoms with Gasteiger partial charge in [-0.3, -0.25) is 4.79 Å². The first kappa shape index (κ1) is 18.1. The van der Waals surface area contributed by atoms with E-state index in [-0.39, 0.29) is 12.5 Å². The second kappa shape index (κ2) is 11.7. The van der Waals surface area contributed by atoms with Gasteiger partial charge in [-0.2, -0.15) is 0 Å². The summed E-state index contributed by atoms with van der Waals surface area (Å²) >= 11 is 0. The van der Waals surface area contributed by atoms with Crippen molar-refractivity contribution in [3.63, 3.8) is 0 Å². The van der Waals surface area contributed by atoms with E-state index in [1.807, 2.05) is 24.3 Å². The molecule has 0 atom stereocenters. The lowest BCUT2D eigenvalue weighted by atomic mass is 10.1. The molecular weight excluding hydrogens is 276 g/mol. The first-order valence-corrected chi connectivity index (χ1v) is 8.10. The molecule has 2 N–H and O–H groups in total. The van der Waals surface area contributed by atoms with E-state index in [2.05, 4.69) is 24.1 Å². The second-order valence-corrected chi connectivity index (χ2v) is 5.25. The first-order valence-electron chi connectivity index (χ1n) is 8.10. The van der Waals surface area contributed by atoms with E-state index in [9.17, 15) is 4.79 Å². The molecule has 0 aliphatic carbocycles. The molecule has 122 valence electrons. The molecular formula is C18H28N2O2. The SMILES string of the molecule is C=CCOc1cccc(NCC(=O)NCCCCCCC)c1. The van der Waals surface area contributed by atoms with Gasteiger partial charge in [0.15, 0.2) is 0 Å². The van der Waals surface area contributed by atoms with Gasteiger partial charge in [-0.1, -0.05) is 51.3 Å². The third-order valence-corrected chi connectivity index (χ3v) is 3.26. The largest absolute Gasteiger partial charge is 0.489 e. The summed E-state index contributed by atoms with van der Waals surface area (Å²) < 4.78 is 5.46. The van der Waals surface area contributed by atoms with Crippen LogP contribution in [0.5, 0.6) is 5.75 Å². The number of anilines is 1. The van der Waals surface area contributed by atoms with Crippen LogP contribution in [0.15, 0.2) is 36.9 Å². The van der Waals surface area contributed by atoms with Gasteiger partial charge in [0, 0.05) is 18.3 Å². The zero-order valence-corrected chi connectivity index (χ0v) is 13.6. The maximum atomic E-state index is 11.7. The van der Waals surface area contributed by atoms with E-state index >= 15 is 0 Å². The van der Waals surface area contributed by atoms with Crippen LogP contribution in [0.4, 0.5) is 5.69 Å². The standard InChI is InChI=1S/C18H28N2O2/c1-3-5-6-7-8-12-19-18(21)15-20-16-10-9-11-17(14-16)22-13-4-2/h4,9-11,14,20H,2-3,5-8,12-13,15H2,1H3,(H,19,21). The molecule has 0 saturated heterocycles. The Morgan fingerprint density at radius 3 is 2.86 bits per heavy atom. The second-order valence-electron chi connectivity index (χ2n) is 5.25. The Balaban J connectivity index is 2.19. The maximum Gasteiger partial charge on any atom is 0.239 e. The van der Waals surface area contributed by atoms with Crippen LogP contribution in [0.1, 0.15) is 39.0 Å². The average molecular weight is 304 g/mol. The predicted molar refractivity (Wildman–Crippen MR) is 92.4 cm³/mol. The summed E-state index contributed by atoms with van der Waals surface area (Å²) in [6.45, 7) is 7.32. The Morgan fingerprint density at radius 2 is 2.09 bits per heavy atom. The van der Waals surface area contributed by atoms with Gasteiger partial charge in [0.2, 0.25) is 5.91 Å². The molecule has 0 fully saturated rings. The number of carbonyl (C=O) groups excluding carboxylic acids is 1. The van der Waals surface area contributed by atoms with Crippen molar-refractivity contribution in [1.29, 1.82) is 0 Å². The third-order valence-electron chi connectivity index (χ3n) is 3.26. The van der Waals surface area contributed by atoms with Crippen LogP contribution in [0.3, 0.4) is 0 Å². The molecule has 0 heterocycles. The molecule has 0 spiro atoms. The van der Waals surface area contributed by atoms with Crippen LogP contribution in [0.2, 0.25) is 0 Å². The zero-order valence-electron chi connectivity index (χ0n) is 13.6. The van der Waals surface area contributed by atoms with Gasteiger partial charge in [0.25, 0.3) is 0 Å². The molecule has 0 radical (unpaired) electrons. The van der Waals surface area contributed by atoms with E-state index in [0.29, 0.717) is 6.61 Å². The third kappa shape index (κ3) is 8.35. The molecule has 0 aromatic heterocycles. The first-order chi connectivity index (χ1) is 10.8. The fourth-order valence-corrected chi connectivity index (χ4v) is 2.05. The van der Waals surface area contributed by atoms with Crippen molar-refractivity contribution < 1.29 is 9.53 Å². The Bertz CT molecular complexity index is 446. The maximum absolute atomic E-state index is 11.7. The molecule has 0 aliphatic rings. The molecule has 0 bridgehead atoms. The summed E-state index contributed by atoms with van der Waals surface area (Å²) in [6.07, 6.45) is 7.71. The van der Waals surface area contributed by atoms with Crippen molar-refractivity contribution in [2.45, 2.75) is 39.0 Å². The van der Waals surface area contributed by atoms with Crippen LogP contribution < -0.4 is 15.4 Å². The van der Waals surface area contributed by atoms with Gasteiger partial charge in [0.1, 0.15) is 12.4 Å². The fourth-order valence-electron chi connectivity index (χ4n) is 2.05. The normalized spacial score (nSPS) is 10.0. The quantitative estimate of drug-likeness (QED) is 0.457. The molecule has 22 heavy (non-hydrogen) atoms. The Morgan fingerprint density at radius 1 is 1.27 bits per heavy atom. The molecule has 1 aromatic rings. The van der Waals surface area contributed by atoms with E-state index in [4.69, 9.17) is 4.74 Å². The van der Waals surface area contributed by atoms with E-state index < -0.39 is 0 Å². The monoisotopic (exact) mass is 304 g/mol. The summed E-state index contributed by atoms with van der Waals surface area (Å²) in [6, 6.07) is 7.57. The summed E-state index contributed by atoms with van der Waals surface area (Å²) in [5, 5.41) is 6.04. The van der Waals surface area contributed by atoms with Crippen LogP contribution >= 0.6 is 0 Å². The fraction of sp³-hybridized carbons (Fsp3) is 0.500. The van der Waals surface area contributed by atoms with Crippen molar-refractivity contribution in [1.82, 2.24) is 5.32 Å². The van der Waals surface area contributed by atoms with Crippen LogP contribution in [0.25, 0.3) is 0 Å². The lowest BCUT2D eigenvalue weighted by molar-refractivity contribution is -0.119. The van der Waals surface area contributed by atoms with E-state index in [1.165, 1.54) is 25.7 Å². The minimum absolute atomic E-state index is 0.0212. The number of rotatable bonds is 12. The van der Waals surface area contributed by atoms with Gasteiger partial charge >= 0.3 is 0 Å². The number of ether oxygens (including phenoxy) is 1. The minimum Gasteiger partial charge on any atom is -0.489 e. The van der Waals surface area contributed by atoms with Crippen molar-refractivity contribution in [3.8, 4) is 5.75 Å². The average Bonchev–Trinajstić information content (AvgIpc) is 2.54. The lowest BCUT2D eigenvalue weighted by Crippen LogP contribution is -2.30. The van der Waals surface area contributed by atoms with Gasteiger partial charge in [0.05, 0.1) is 6.54 Å². The summed E-state index contributed by atoms with van der Waals surface area (Å²) in [5.74, 6) is 0.786. The van der Waals surface area contributed by atoms with Crippen molar-refractivity contribution >= 4 is 11.6 Å². The molecule has 4 heteroatoms. The van der Waals surface area contributed by atoms with E-state index in [0.717, 1.165) is 24.4 Å². The summed E-state index contributed by atoms with van der Waals surface area (Å²) in [4.78, 5) is 11.7. The molecule has 0 saturated carbocycles. The highest BCUT2D eigenvalue weighted by Crippen LogP contribution is 2.16. The molecule has 1 aromatic carbocycles. The number of hydrogen-bond donors (Lipinski definition) is 2. The van der Waals surface area contributed by atoms with Crippen LogP contribution in [-0.4, -0.2) is 25.6 Å². The number of hydrogen-bond acceptors (Lipinski definition) is 3. The van der Waals surface area contributed by atoms with Crippen LogP contribution in [-0.2, 0) is 4.79 Å².